The number of carbonyl (C=O) groups is 4. The summed E-state index contributed by atoms with van der Waals surface area (Å²) in [5.41, 5.74) is 0. The largest absolute Gasteiger partial charge is 0.462 e. The molecule has 0 heterocycles. The highest BCUT2D eigenvalue weighted by molar-refractivity contribution is 5.86. The first-order chi connectivity index (χ1) is 9.76. The number of amides is 2. The van der Waals surface area contributed by atoms with Gasteiger partial charge < -0.3 is 25.2 Å². The molecule has 0 spiro atoms. The topological polar surface area (TPSA) is 131 Å². The van der Waals surface area contributed by atoms with E-state index in [9.17, 15) is 19.2 Å². The molecule has 0 aliphatic heterocycles. The first-order valence-electron chi connectivity index (χ1n) is 6.22. The highest BCUT2D eigenvalue weighted by atomic mass is 16.6. The van der Waals surface area contributed by atoms with Crippen LogP contribution in [0.1, 0.15) is 20.8 Å². The second-order valence-corrected chi connectivity index (χ2v) is 4.21. The van der Waals surface area contributed by atoms with E-state index in [-0.39, 0.29) is 13.2 Å². The third-order valence-electron chi connectivity index (χ3n) is 2.19. The van der Waals surface area contributed by atoms with Crippen molar-refractivity contribution < 1.29 is 33.8 Å². The van der Waals surface area contributed by atoms with E-state index < -0.39 is 42.5 Å². The van der Waals surface area contributed by atoms with Crippen molar-refractivity contribution in [1.29, 1.82) is 0 Å². The summed E-state index contributed by atoms with van der Waals surface area (Å²) < 4.78 is 9.57. The van der Waals surface area contributed by atoms with Crippen molar-refractivity contribution in [3.05, 3.63) is 0 Å². The van der Waals surface area contributed by atoms with Crippen molar-refractivity contribution in [1.82, 2.24) is 10.6 Å². The molecule has 0 bridgehead atoms. The molecular weight excluding hydrogens is 284 g/mol. The van der Waals surface area contributed by atoms with Crippen LogP contribution in [0.4, 0.5) is 0 Å². The number of carbonyl (C=O) groups excluding carboxylic acids is 4. The fourth-order valence-electron chi connectivity index (χ4n) is 1.36. The summed E-state index contributed by atoms with van der Waals surface area (Å²) in [5, 5.41) is 13.6. The van der Waals surface area contributed by atoms with Crippen LogP contribution in [0.2, 0.25) is 0 Å². The standard InChI is InChI=1S/C12H20N2O7/c1-7(16)14-11(5-15)12(19)13-4-10(21-9(3)18)6-20-8(2)17/h10-11,15H,4-6H2,1-3H3,(H,13,19)(H,14,16)/t10-,11+/m0/s1. The normalized spacial score (nSPS) is 12.8. The highest BCUT2D eigenvalue weighted by Gasteiger charge is 2.21. The van der Waals surface area contributed by atoms with E-state index >= 15 is 0 Å². The van der Waals surface area contributed by atoms with Gasteiger partial charge in [-0.3, -0.25) is 19.2 Å². The zero-order valence-electron chi connectivity index (χ0n) is 12.2. The van der Waals surface area contributed by atoms with Crippen LogP contribution in [0.15, 0.2) is 0 Å². The average molecular weight is 304 g/mol. The van der Waals surface area contributed by atoms with Crippen molar-refractivity contribution in [3.8, 4) is 0 Å². The first-order valence-corrected chi connectivity index (χ1v) is 6.22. The van der Waals surface area contributed by atoms with Crippen molar-refractivity contribution >= 4 is 23.8 Å². The second-order valence-electron chi connectivity index (χ2n) is 4.21. The van der Waals surface area contributed by atoms with Gasteiger partial charge >= 0.3 is 11.9 Å². The third kappa shape index (κ3) is 9.38. The Labute approximate surface area is 122 Å². The molecular formula is C12H20N2O7. The molecule has 2 amide bonds. The number of nitrogens with one attached hydrogen (secondary N) is 2. The molecule has 21 heavy (non-hydrogen) atoms. The summed E-state index contributed by atoms with van der Waals surface area (Å²) in [4.78, 5) is 44.2. The number of hydrogen-bond acceptors (Lipinski definition) is 7. The maximum Gasteiger partial charge on any atom is 0.303 e. The van der Waals surface area contributed by atoms with Crippen molar-refractivity contribution in [2.24, 2.45) is 0 Å². The Balaban J connectivity index is 4.42. The van der Waals surface area contributed by atoms with Crippen LogP contribution >= 0.6 is 0 Å². The molecule has 2 atom stereocenters. The Morgan fingerprint density at radius 3 is 2.14 bits per heavy atom. The van der Waals surface area contributed by atoms with Crippen LogP contribution in [0, 0.1) is 0 Å². The Bertz CT molecular complexity index is 397. The van der Waals surface area contributed by atoms with E-state index in [2.05, 4.69) is 10.6 Å². The van der Waals surface area contributed by atoms with E-state index in [4.69, 9.17) is 14.6 Å². The van der Waals surface area contributed by atoms with E-state index in [0.717, 1.165) is 0 Å². The number of rotatable bonds is 8. The lowest BCUT2D eigenvalue weighted by molar-refractivity contribution is -0.156. The zero-order valence-corrected chi connectivity index (χ0v) is 12.2. The van der Waals surface area contributed by atoms with Crippen molar-refractivity contribution in [2.75, 3.05) is 19.8 Å². The zero-order chi connectivity index (χ0) is 16.4. The number of hydrogen-bond donors (Lipinski definition) is 3. The van der Waals surface area contributed by atoms with Crippen LogP contribution in [0.3, 0.4) is 0 Å². The van der Waals surface area contributed by atoms with Gasteiger partial charge in [-0.1, -0.05) is 0 Å². The summed E-state index contributed by atoms with van der Waals surface area (Å²) in [6, 6.07) is -1.10. The smallest absolute Gasteiger partial charge is 0.303 e. The highest BCUT2D eigenvalue weighted by Crippen LogP contribution is 1.95. The molecule has 9 heteroatoms. The third-order valence-corrected chi connectivity index (χ3v) is 2.19. The monoisotopic (exact) mass is 304 g/mol. The Hall–Kier alpha value is -2.16. The second kappa shape index (κ2) is 9.70. The fourth-order valence-corrected chi connectivity index (χ4v) is 1.36. The predicted octanol–water partition coefficient (Wildman–Crippen LogP) is -1.91. The Kier molecular flexibility index (Phi) is 8.70. The molecule has 0 unspecified atom stereocenters. The van der Waals surface area contributed by atoms with E-state index in [1.807, 2.05) is 0 Å². The molecule has 0 saturated carbocycles. The van der Waals surface area contributed by atoms with Gasteiger partial charge in [0.1, 0.15) is 12.6 Å². The number of aliphatic hydroxyl groups excluding tert-OH is 1. The lowest BCUT2D eigenvalue weighted by Gasteiger charge is -2.19. The van der Waals surface area contributed by atoms with Gasteiger partial charge in [-0.15, -0.1) is 0 Å². The average Bonchev–Trinajstić information content (AvgIpc) is 2.37. The lowest BCUT2D eigenvalue weighted by atomic mass is 10.2. The number of aliphatic hydroxyl groups is 1. The summed E-state index contributed by atoms with van der Waals surface area (Å²) in [5.74, 6) is -2.26. The summed E-state index contributed by atoms with van der Waals surface area (Å²) in [6.07, 6.45) is -0.855. The quantitative estimate of drug-likeness (QED) is 0.446. The molecule has 0 saturated heterocycles. The Morgan fingerprint density at radius 2 is 1.71 bits per heavy atom. The Morgan fingerprint density at radius 1 is 1.10 bits per heavy atom. The molecule has 0 aromatic carbocycles. The molecule has 0 fully saturated rings. The first kappa shape index (κ1) is 18.8. The minimum atomic E-state index is -1.10. The number of esters is 2. The number of ether oxygens (including phenoxy) is 2. The van der Waals surface area contributed by atoms with Crippen LogP contribution in [-0.4, -0.2) is 60.8 Å². The summed E-state index contributed by atoms with van der Waals surface area (Å²) >= 11 is 0. The van der Waals surface area contributed by atoms with Crippen LogP contribution in [-0.2, 0) is 28.7 Å². The van der Waals surface area contributed by atoms with Crippen molar-refractivity contribution in [2.45, 2.75) is 32.9 Å². The maximum atomic E-state index is 11.7. The molecule has 0 aliphatic carbocycles. The van der Waals surface area contributed by atoms with Gasteiger partial charge in [-0.25, -0.2) is 0 Å². The minimum absolute atomic E-state index is 0.123. The van der Waals surface area contributed by atoms with E-state index in [1.54, 1.807) is 0 Å². The molecule has 0 aromatic rings. The van der Waals surface area contributed by atoms with Crippen LogP contribution in [0.25, 0.3) is 0 Å². The van der Waals surface area contributed by atoms with E-state index in [0.29, 0.717) is 0 Å². The molecule has 120 valence electrons. The van der Waals surface area contributed by atoms with Crippen LogP contribution < -0.4 is 10.6 Å². The molecule has 0 aliphatic rings. The maximum absolute atomic E-state index is 11.7. The summed E-state index contributed by atoms with van der Waals surface area (Å²) in [6.45, 7) is 2.67. The van der Waals surface area contributed by atoms with Crippen LogP contribution in [0.5, 0.6) is 0 Å². The van der Waals surface area contributed by atoms with Gasteiger partial charge in [0.05, 0.1) is 13.2 Å². The van der Waals surface area contributed by atoms with E-state index in [1.165, 1.54) is 20.8 Å². The molecule has 3 N–H and O–H groups in total. The lowest BCUT2D eigenvalue weighted by Crippen LogP contribution is -2.50. The van der Waals surface area contributed by atoms with Gasteiger partial charge in [0, 0.05) is 20.8 Å². The van der Waals surface area contributed by atoms with Crippen molar-refractivity contribution in [3.63, 3.8) is 0 Å². The van der Waals surface area contributed by atoms with Gasteiger partial charge in [-0.2, -0.15) is 0 Å². The van der Waals surface area contributed by atoms with Gasteiger partial charge in [0.2, 0.25) is 11.8 Å². The van der Waals surface area contributed by atoms with Gasteiger partial charge in [0.15, 0.2) is 6.10 Å². The molecule has 0 aromatic heterocycles. The predicted molar refractivity (Wildman–Crippen MR) is 69.9 cm³/mol. The molecule has 0 radical (unpaired) electrons. The fraction of sp³-hybridized carbons (Fsp3) is 0.667. The van der Waals surface area contributed by atoms with Gasteiger partial charge in [0.25, 0.3) is 0 Å². The minimum Gasteiger partial charge on any atom is -0.462 e. The SMILES string of the molecule is CC(=O)N[C@H](CO)C(=O)NC[C@@H](COC(C)=O)OC(C)=O. The van der Waals surface area contributed by atoms with Gasteiger partial charge in [-0.05, 0) is 0 Å². The summed E-state index contributed by atoms with van der Waals surface area (Å²) in [7, 11) is 0. The molecule has 9 nitrogen and oxygen atoms in total. The molecule has 0 rings (SSSR count).